The molecule has 2 aromatic heterocycles. The first-order valence-electron chi connectivity index (χ1n) is 8.68. The van der Waals surface area contributed by atoms with Crippen molar-refractivity contribution in [3.8, 4) is 11.6 Å². The van der Waals surface area contributed by atoms with Crippen molar-refractivity contribution in [3.63, 3.8) is 0 Å². The van der Waals surface area contributed by atoms with Gasteiger partial charge in [0.2, 0.25) is 5.88 Å². The van der Waals surface area contributed by atoms with Crippen LogP contribution in [0.2, 0.25) is 0 Å². The Morgan fingerprint density at radius 3 is 2.48 bits per heavy atom. The molecule has 1 aromatic carbocycles. The third-order valence-corrected chi connectivity index (χ3v) is 7.17. The summed E-state index contributed by atoms with van der Waals surface area (Å²) in [6, 6.07) is 12.9. The van der Waals surface area contributed by atoms with Gasteiger partial charge in [0.25, 0.3) is 15.9 Å². The normalized spacial score (nSPS) is 11.1. The number of hydrogen-bond acceptors (Lipinski definition) is 6. The molecule has 0 aliphatic rings. The SMILES string of the molecule is CCCNC(=O)c1ccc(Oc2ccc(NS(=O)(=O)c3ccc(Br)s3)cc2)nc1. The van der Waals surface area contributed by atoms with Gasteiger partial charge in [-0.25, -0.2) is 13.4 Å². The molecule has 3 rings (SSSR count). The van der Waals surface area contributed by atoms with Crippen LogP contribution in [0.25, 0.3) is 0 Å². The van der Waals surface area contributed by atoms with Crippen LogP contribution in [-0.2, 0) is 10.0 Å². The van der Waals surface area contributed by atoms with E-state index in [0.29, 0.717) is 29.4 Å². The monoisotopic (exact) mass is 495 g/mol. The van der Waals surface area contributed by atoms with Crippen LogP contribution in [0.15, 0.2) is 62.7 Å². The summed E-state index contributed by atoms with van der Waals surface area (Å²) in [5, 5.41) is 2.78. The Balaban J connectivity index is 1.62. The van der Waals surface area contributed by atoms with E-state index in [9.17, 15) is 13.2 Å². The molecule has 1 amide bonds. The maximum atomic E-state index is 12.3. The largest absolute Gasteiger partial charge is 0.439 e. The summed E-state index contributed by atoms with van der Waals surface area (Å²) in [6.07, 6.45) is 2.30. The molecule has 0 atom stereocenters. The average molecular weight is 496 g/mol. The third kappa shape index (κ3) is 5.78. The highest BCUT2D eigenvalue weighted by Crippen LogP contribution is 2.28. The highest BCUT2D eigenvalue weighted by molar-refractivity contribution is 9.11. The average Bonchev–Trinajstić information content (AvgIpc) is 3.15. The minimum atomic E-state index is -3.64. The summed E-state index contributed by atoms with van der Waals surface area (Å²) in [7, 11) is -3.64. The zero-order chi connectivity index (χ0) is 20.9. The van der Waals surface area contributed by atoms with Crippen molar-refractivity contribution >= 4 is 48.9 Å². The number of benzene rings is 1. The molecule has 7 nitrogen and oxygen atoms in total. The molecule has 0 bridgehead atoms. The number of ether oxygens (including phenoxy) is 1. The lowest BCUT2D eigenvalue weighted by Gasteiger charge is -2.09. The first-order chi connectivity index (χ1) is 13.9. The molecule has 10 heteroatoms. The Kier molecular flexibility index (Phi) is 6.88. The van der Waals surface area contributed by atoms with Crippen LogP contribution in [0, 0.1) is 0 Å². The first-order valence-corrected chi connectivity index (χ1v) is 11.8. The van der Waals surface area contributed by atoms with Crippen LogP contribution in [0.1, 0.15) is 23.7 Å². The highest BCUT2D eigenvalue weighted by Gasteiger charge is 2.16. The fourth-order valence-corrected chi connectivity index (χ4v) is 5.34. The highest BCUT2D eigenvalue weighted by atomic mass is 79.9. The molecule has 152 valence electrons. The molecule has 29 heavy (non-hydrogen) atoms. The number of pyridine rings is 1. The number of sulfonamides is 1. The van der Waals surface area contributed by atoms with Crippen molar-refractivity contribution in [1.82, 2.24) is 10.3 Å². The van der Waals surface area contributed by atoms with Gasteiger partial charge < -0.3 is 10.1 Å². The van der Waals surface area contributed by atoms with E-state index >= 15 is 0 Å². The zero-order valence-corrected chi connectivity index (χ0v) is 18.6. The van der Waals surface area contributed by atoms with Crippen LogP contribution in [0.4, 0.5) is 5.69 Å². The van der Waals surface area contributed by atoms with E-state index in [1.807, 2.05) is 6.92 Å². The van der Waals surface area contributed by atoms with E-state index in [4.69, 9.17) is 4.74 Å². The summed E-state index contributed by atoms with van der Waals surface area (Å²) in [5.74, 6) is 0.636. The molecule has 2 heterocycles. The molecule has 0 fully saturated rings. The van der Waals surface area contributed by atoms with E-state index in [-0.39, 0.29) is 10.1 Å². The Hall–Kier alpha value is -2.43. The second-order valence-corrected chi connectivity index (χ2v) is 10.3. The van der Waals surface area contributed by atoms with Crippen molar-refractivity contribution in [2.75, 3.05) is 11.3 Å². The number of carbonyl (C=O) groups is 1. The number of nitrogens with one attached hydrogen (secondary N) is 2. The summed E-state index contributed by atoms with van der Waals surface area (Å²) >= 11 is 4.39. The maximum absolute atomic E-state index is 12.3. The molecule has 0 aliphatic heterocycles. The van der Waals surface area contributed by atoms with Crippen molar-refractivity contribution in [2.45, 2.75) is 17.6 Å². The molecular formula is C19H18BrN3O4S2. The second-order valence-electron chi connectivity index (χ2n) is 5.93. The van der Waals surface area contributed by atoms with Gasteiger partial charge in [0, 0.05) is 24.5 Å². The summed E-state index contributed by atoms with van der Waals surface area (Å²) in [6.45, 7) is 2.59. The molecule has 2 N–H and O–H groups in total. The van der Waals surface area contributed by atoms with Gasteiger partial charge >= 0.3 is 0 Å². The quantitative estimate of drug-likeness (QED) is 0.474. The molecule has 0 spiro atoms. The lowest BCUT2D eigenvalue weighted by molar-refractivity contribution is 0.0953. The fraction of sp³-hybridized carbons (Fsp3) is 0.158. The first kappa shape index (κ1) is 21.3. The van der Waals surface area contributed by atoms with E-state index in [0.717, 1.165) is 21.5 Å². The predicted molar refractivity (Wildman–Crippen MR) is 116 cm³/mol. The number of aromatic nitrogens is 1. The zero-order valence-electron chi connectivity index (χ0n) is 15.4. The van der Waals surface area contributed by atoms with Crippen LogP contribution < -0.4 is 14.8 Å². The van der Waals surface area contributed by atoms with Crippen molar-refractivity contribution in [3.05, 3.63) is 64.1 Å². The van der Waals surface area contributed by atoms with Crippen LogP contribution in [0.3, 0.4) is 0 Å². The summed E-state index contributed by atoms with van der Waals surface area (Å²) in [5.41, 5.74) is 0.869. The van der Waals surface area contributed by atoms with E-state index in [1.165, 1.54) is 12.3 Å². The number of halogens is 1. The van der Waals surface area contributed by atoms with Crippen molar-refractivity contribution in [2.24, 2.45) is 0 Å². The van der Waals surface area contributed by atoms with Gasteiger partial charge in [-0.1, -0.05) is 6.92 Å². The van der Waals surface area contributed by atoms with Crippen LogP contribution in [0.5, 0.6) is 11.6 Å². The predicted octanol–water partition coefficient (Wildman–Crippen LogP) is 4.64. The third-order valence-electron chi connectivity index (χ3n) is 3.68. The van der Waals surface area contributed by atoms with E-state index in [1.54, 1.807) is 42.5 Å². The molecule has 0 saturated carbocycles. The number of amides is 1. The number of carbonyl (C=O) groups excluding carboxylic acids is 1. The number of thiophene rings is 1. The standard InChI is InChI=1S/C19H18BrN3O4S2/c1-2-11-21-19(24)13-3-9-17(22-12-13)27-15-6-4-14(5-7-15)23-29(25,26)18-10-8-16(20)28-18/h3-10,12,23H,2,11H2,1H3,(H,21,24). The smallest absolute Gasteiger partial charge is 0.271 e. The molecule has 0 aliphatic carbocycles. The number of anilines is 1. The fourth-order valence-electron chi connectivity index (χ4n) is 2.27. The van der Waals surface area contributed by atoms with Crippen molar-refractivity contribution in [1.29, 1.82) is 0 Å². The Labute approximate surface area is 181 Å². The van der Waals surface area contributed by atoms with Gasteiger partial charge in [0.1, 0.15) is 9.96 Å². The molecule has 0 radical (unpaired) electrons. The number of nitrogens with zero attached hydrogens (tertiary/aromatic N) is 1. The molecule has 0 unspecified atom stereocenters. The lowest BCUT2D eigenvalue weighted by Crippen LogP contribution is -2.23. The van der Waals surface area contributed by atoms with Gasteiger partial charge in [0.05, 0.1) is 9.35 Å². The molecular weight excluding hydrogens is 478 g/mol. The number of hydrogen-bond donors (Lipinski definition) is 2. The van der Waals surface area contributed by atoms with Crippen LogP contribution in [-0.4, -0.2) is 25.9 Å². The minimum absolute atomic E-state index is 0.180. The minimum Gasteiger partial charge on any atom is -0.439 e. The van der Waals surface area contributed by atoms with Gasteiger partial charge in [0.15, 0.2) is 0 Å². The van der Waals surface area contributed by atoms with Gasteiger partial charge in [-0.2, -0.15) is 0 Å². The molecule has 0 saturated heterocycles. The van der Waals surface area contributed by atoms with Crippen LogP contribution >= 0.6 is 27.3 Å². The number of rotatable bonds is 8. The second kappa shape index (κ2) is 9.38. The Morgan fingerprint density at radius 2 is 1.90 bits per heavy atom. The Morgan fingerprint density at radius 1 is 1.14 bits per heavy atom. The topological polar surface area (TPSA) is 97.4 Å². The Bertz CT molecular complexity index is 1080. The maximum Gasteiger partial charge on any atom is 0.271 e. The van der Waals surface area contributed by atoms with Gasteiger partial charge in [-0.05, 0) is 64.8 Å². The molecule has 3 aromatic rings. The van der Waals surface area contributed by atoms with Gasteiger partial charge in [-0.15, -0.1) is 11.3 Å². The van der Waals surface area contributed by atoms with Crippen molar-refractivity contribution < 1.29 is 17.9 Å². The van der Waals surface area contributed by atoms with Gasteiger partial charge in [-0.3, -0.25) is 9.52 Å². The summed E-state index contributed by atoms with van der Waals surface area (Å²) in [4.78, 5) is 16.0. The lowest BCUT2D eigenvalue weighted by atomic mass is 10.2. The van der Waals surface area contributed by atoms with E-state index < -0.39 is 10.0 Å². The van der Waals surface area contributed by atoms with E-state index in [2.05, 4.69) is 31.0 Å². The summed E-state index contributed by atoms with van der Waals surface area (Å²) < 4.78 is 33.8.